The molecule has 0 aromatic heterocycles. The lowest BCUT2D eigenvalue weighted by Gasteiger charge is -2.07. The standard InChI is InChI=1S/C14H20N2O3/c1-2-3-6-15-9-14(17)16-8-11-4-5-12-13(7-11)19-10-18-12/h4-5,7,15H,2-3,6,8-10H2,1H3,(H,16,17). The highest BCUT2D eigenvalue weighted by Gasteiger charge is 2.13. The zero-order chi connectivity index (χ0) is 13.5. The summed E-state index contributed by atoms with van der Waals surface area (Å²) in [6.07, 6.45) is 2.22. The summed E-state index contributed by atoms with van der Waals surface area (Å²) in [6.45, 7) is 4.15. The Balaban J connectivity index is 1.71. The Morgan fingerprint density at radius 1 is 1.32 bits per heavy atom. The van der Waals surface area contributed by atoms with E-state index in [1.807, 2.05) is 18.2 Å². The molecule has 104 valence electrons. The van der Waals surface area contributed by atoms with Crippen LogP contribution >= 0.6 is 0 Å². The van der Waals surface area contributed by atoms with Gasteiger partial charge in [0.2, 0.25) is 12.7 Å². The van der Waals surface area contributed by atoms with Crippen molar-refractivity contribution >= 4 is 5.91 Å². The van der Waals surface area contributed by atoms with E-state index in [0.717, 1.165) is 36.4 Å². The number of unbranched alkanes of at least 4 members (excludes halogenated alkanes) is 1. The van der Waals surface area contributed by atoms with Crippen molar-refractivity contribution in [2.24, 2.45) is 0 Å². The first kappa shape index (κ1) is 13.7. The fraction of sp³-hybridized carbons (Fsp3) is 0.500. The lowest BCUT2D eigenvalue weighted by atomic mass is 10.2. The number of hydrogen-bond acceptors (Lipinski definition) is 4. The Morgan fingerprint density at radius 2 is 2.16 bits per heavy atom. The monoisotopic (exact) mass is 264 g/mol. The Morgan fingerprint density at radius 3 is 3.00 bits per heavy atom. The molecule has 1 aromatic rings. The molecule has 0 spiro atoms. The smallest absolute Gasteiger partial charge is 0.234 e. The first-order valence-electron chi connectivity index (χ1n) is 6.65. The van der Waals surface area contributed by atoms with Crippen molar-refractivity contribution in [1.82, 2.24) is 10.6 Å². The molecule has 0 saturated carbocycles. The van der Waals surface area contributed by atoms with Crippen molar-refractivity contribution in [2.75, 3.05) is 19.9 Å². The minimum atomic E-state index is 0.00812. The van der Waals surface area contributed by atoms with Crippen LogP contribution in [-0.4, -0.2) is 25.8 Å². The lowest BCUT2D eigenvalue weighted by molar-refractivity contribution is -0.120. The normalized spacial score (nSPS) is 12.5. The third-order valence-corrected chi connectivity index (χ3v) is 2.92. The van der Waals surface area contributed by atoms with Gasteiger partial charge in [0.05, 0.1) is 6.54 Å². The third-order valence-electron chi connectivity index (χ3n) is 2.92. The molecule has 5 heteroatoms. The van der Waals surface area contributed by atoms with Gasteiger partial charge in [-0.25, -0.2) is 0 Å². The van der Waals surface area contributed by atoms with Crippen molar-refractivity contribution in [3.8, 4) is 11.5 Å². The number of ether oxygens (including phenoxy) is 2. The number of carbonyl (C=O) groups excluding carboxylic acids is 1. The van der Waals surface area contributed by atoms with Gasteiger partial charge >= 0.3 is 0 Å². The molecule has 0 radical (unpaired) electrons. The second kappa shape index (κ2) is 6.99. The van der Waals surface area contributed by atoms with Crippen LogP contribution in [0.15, 0.2) is 18.2 Å². The summed E-state index contributed by atoms with van der Waals surface area (Å²) >= 11 is 0. The highest BCUT2D eigenvalue weighted by molar-refractivity contribution is 5.77. The van der Waals surface area contributed by atoms with Gasteiger partial charge < -0.3 is 20.1 Å². The molecule has 0 unspecified atom stereocenters. The first-order valence-corrected chi connectivity index (χ1v) is 6.65. The molecule has 0 bridgehead atoms. The predicted octanol–water partition coefficient (Wildman–Crippen LogP) is 1.42. The molecular weight excluding hydrogens is 244 g/mol. The van der Waals surface area contributed by atoms with E-state index in [1.165, 1.54) is 0 Å². The maximum atomic E-state index is 11.6. The zero-order valence-corrected chi connectivity index (χ0v) is 11.2. The van der Waals surface area contributed by atoms with Crippen LogP contribution in [0.5, 0.6) is 11.5 Å². The molecule has 1 aromatic carbocycles. The summed E-state index contributed by atoms with van der Waals surface area (Å²) in [7, 11) is 0. The fourth-order valence-electron chi connectivity index (χ4n) is 1.82. The number of rotatable bonds is 7. The molecule has 1 aliphatic rings. The SMILES string of the molecule is CCCCNCC(=O)NCc1ccc2c(c1)OCO2. The van der Waals surface area contributed by atoms with Crippen molar-refractivity contribution in [3.05, 3.63) is 23.8 Å². The van der Waals surface area contributed by atoms with Gasteiger partial charge in [0, 0.05) is 6.54 Å². The van der Waals surface area contributed by atoms with Crippen LogP contribution in [-0.2, 0) is 11.3 Å². The van der Waals surface area contributed by atoms with Crippen LogP contribution in [0.1, 0.15) is 25.3 Å². The molecule has 19 heavy (non-hydrogen) atoms. The predicted molar refractivity (Wildman–Crippen MR) is 72.2 cm³/mol. The highest BCUT2D eigenvalue weighted by Crippen LogP contribution is 2.32. The van der Waals surface area contributed by atoms with Crippen molar-refractivity contribution in [1.29, 1.82) is 0 Å². The van der Waals surface area contributed by atoms with E-state index in [2.05, 4.69) is 17.6 Å². The Hall–Kier alpha value is -1.75. The second-order valence-electron chi connectivity index (χ2n) is 4.49. The number of hydrogen-bond donors (Lipinski definition) is 2. The van der Waals surface area contributed by atoms with Gasteiger partial charge in [-0.05, 0) is 30.7 Å². The average Bonchev–Trinajstić information content (AvgIpc) is 2.89. The molecule has 1 amide bonds. The largest absolute Gasteiger partial charge is 0.454 e. The quantitative estimate of drug-likeness (QED) is 0.731. The van der Waals surface area contributed by atoms with E-state index in [0.29, 0.717) is 13.1 Å². The van der Waals surface area contributed by atoms with Crippen LogP contribution in [0.3, 0.4) is 0 Å². The number of nitrogens with one attached hydrogen (secondary N) is 2. The Labute approximate surface area is 113 Å². The van der Waals surface area contributed by atoms with E-state index in [4.69, 9.17) is 9.47 Å². The zero-order valence-electron chi connectivity index (χ0n) is 11.2. The van der Waals surface area contributed by atoms with E-state index in [-0.39, 0.29) is 12.7 Å². The second-order valence-corrected chi connectivity index (χ2v) is 4.49. The minimum Gasteiger partial charge on any atom is -0.454 e. The molecule has 2 N–H and O–H groups in total. The van der Waals surface area contributed by atoms with Crippen molar-refractivity contribution < 1.29 is 14.3 Å². The summed E-state index contributed by atoms with van der Waals surface area (Å²) in [6, 6.07) is 5.69. The first-order chi connectivity index (χ1) is 9.29. The Bertz CT molecular complexity index is 435. The molecule has 1 aliphatic heterocycles. The molecule has 0 fully saturated rings. The van der Waals surface area contributed by atoms with Crippen LogP contribution in [0.4, 0.5) is 0 Å². The van der Waals surface area contributed by atoms with Crippen LogP contribution in [0, 0.1) is 0 Å². The van der Waals surface area contributed by atoms with Gasteiger partial charge in [0.1, 0.15) is 0 Å². The summed E-state index contributed by atoms with van der Waals surface area (Å²) in [5, 5.41) is 5.98. The van der Waals surface area contributed by atoms with Gasteiger partial charge in [-0.3, -0.25) is 4.79 Å². The summed E-state index contributed by atoms with van der Waals surface area (Å²) < 4.78 is 10.5. The number of amides is 1. The van der Waals surface area contributed by atoms with Crippen LogP contribution < -0.4 is 20.1 Å². The molecule has 1 heterocycles. The van der Waals surface area contributed by atoms with E-state index >= 15 is 0 Å². The summed E-state index contributed by atoms with van der Waals surface area (Å²) in [4.78, 5) is 11.6. The minimum absolute atomic E-state index is 0.00812. The molecule has 0 saturated heterocycles. The fourth-order valence-corrected chi connectivity index (χ4v) is 1.82. The molecule has 0 aliphatic carbocycles. The topological polar surface area (TPSA) is 59.6 Å². The van der Waals surface area contributed by atoms with Crippen molar-refractivity contribution in [2.45, 2.75) is 26.3 Å². The van der Waals surface area contributed by atoms with Gasteiger partial charge in [-0.2, -0.15) is 0 Å². The summed E-state index contributed by atoms with van der Waals surface area (Å²) in [5.41, 5.74) is 1.01. The van der Waals surface area contributed by atoms with E-state index in [9.17, 15) is 4.79 Å². The maximum Gasteiger partial charge on any atom is 0.234 e. The molecule has 5 nitrogen and oxygen atoms in total. The van der Waals surface area contributed by atoms with Gasteiger partial charge in [0.25, 0.3) is 0 Å². The number of carbonyl (C=O) groups is 1. The van der Waals surface area contributed by atoms with Gasteiger partial charge in [-0.1, -0.05) is 19.4 Å². The van der Waals surface area contributed by atoms with E-state index < -0.39 is 0 Å². The number of benzene rings is 1. The molecule has 2 rings (SSSR count). The number of fused-ring (bicyclic) bond motifs is 1. The lowest BCUT2D eigenvalue weighted by Crippen LogP contribution is -2.33. The highest BCUT2D eigenvalue weighted by atomic mass is 16.7. The summed E-state index contributed by atoms with van der Waals surface area (Å²) in [5.74, 6) is 1.51. The van der Waals surface area contributed by atoms with Gasteiger partial charge in [-0.15, -0.1) is 0 Å². The third kappa shape index (κ3) is 4.13. The van der Waals surface area contributed by atoms with Crippen LogP contribution in [0.2, 0.25) is 0 Å². The maximum absolute atomic E-state index is 11.6. The Kier molecular flexibility index (Phi) is 5.03. The van der Waals surface area contributed by atoms with Crippen molar-refractivity contribution in [3.63, 3.8) is 0 Å². The van der Waals surface area contributed by atoms with E-state index in [1.54, 1.807) is 0 Å². The molecular formula is C14H20N2O3. The molecule has 0 atom stereocenters. The average molecular weight is 264 g/mol. The van der Waals surface area contributed by atoms with Crippen LogP contribution in [0.25, 0.3) is 0 Å². The van der Waals surface area contributed by atoms with Gasteiger partial charge in [0.15, 0.2) is 11.5 Å².